The van der Waals surface area contributed by atoms with Crippen LogP contribution in [0.15, 0.2) is 0 Å². The van der Waals surface area contributed by atoms with Crippen LogP contribution in [-0.4, -0.2) is 23.7 Å². The fourth-order valence-electron chi connectivity index (χ4n) is 0. The number of hydrogen-bond donors (Lipinski definition) is 0. The van der Waals surface area contributed by atoms with Crippen molar-refractivity contribution in [1.29, 1.82) is 0 Å². The van der Waals surface area contributed by atoms with Gasteiger partial charge in [0.25, 0.3) is 0 Å². The zero-order chi connectivity index (χ0) is 4.28. The molecule has 2 heteroatoms. The Morgan fingerprint density at radius 3 is 1.83 bits per heavy atom. The Balaban J connectivity index is 0. The minimum atomic E-state index is 0. The monoisotopic (exact) mass is 96.1 g/mol. The van der Waals surface area contributed by atoms with Crippen molar-refractivity contribution in [2.24, 2.45) is 0 Å². The van der Waals surface area contributed by atoms with E-state index in [1.807, 2.05) is 6.92 Å². The van der Waals surface area contributed by atoms with E-state index in [1.165, 1.54) is 0 Å². The van der Waals surface area contributed by atoms with Crippen molar-refractivity contribution < 1.29 is 0 Å². The minimum absolute atomic E-state index is 0. The van der Waals surface area contributed by atoms with E-state index in [9.17, 15) is 0 Å². The van der Waals surface area contributed by atoms with Crippen LogP contribution in [0.5, 0.6) is 0 Å². The summed E-state index contributed by atoms with van der Waals surface area (Å²) in [4.78, 5) is 1.09. The van der Waals surface area contributed by atoms with Gasteiger partial charge in [0.2, 0.25) is 0 Å². The molecule has 0 saturated heterocycles. The molecule has 0 heterocycles. The second-order valence-corrected chi connectivity index (χ2v) is 1.75. The zero-order valence-corrected chi connectivity index (χ0v) is 4.43. The molecule has 0 amide bonds. The van der Waals surface area contributed by atoms with Crippen LogP contribution in [-0.2, 0) is 0 Å². The Hall–Kier alpha value is 0.687. The summed E-state index contributed by atoms with van der Waals surface area (Å²) in [6, 6.07) is 0. The summed E-state index contributed by atoms with van der Waals surface area (Å²) in [7, 11) is 0. The molecule has 6 heavy (non-hydrogen) atoms. The summed E-state index contributed by atoms with van der Waals surface area (Å²) in [6.45, 7) is 4.01. The molecule has 0 nitrogen and oxygen atoms in total. The maximum absolute atomic E-state index is 4.70. The quantitative estimate of drug-likeness (QED) is 0.348. The first-order valence-corrected chi connectivity index (χ1v) is 2.17. The molecule has 0 N–H and O–H groups in total. The Bertz CT molecular complexity index is 42.8. The van der Waals surface area contributed by atoms with Gasteiger partial charge < -0.3 is 0 Å². The molecule has 0 aromatic carbocycles. The summed E-state index contributed by atoms with van der Waals surface area (Å²) >= 11 is 4.70. The number of rotatable bonds is 1. The third-order valence-electron chi connectivity index (χ3n) is 0.498. The van der Waals surface area contributed by atoms with Crippen molar-refractivity contribution in [2.45, 2.75) is 20.3 Å². The normalized spacial score (nSPS) is 6.33. The van der Waals surface area contributed by atoms with E-state index in [-0.39, 0.29) is 18.9 Å². The molecule has 0 aromatic heterocycles. The van der Waals surface area contributed by atoms with Gasteiger partial charge in [-0.1, -0.05) is 19.1 Å². The van der Waals surface area contributed by atoms with E-state index >= 15 is 0 Å². The SMILES string of the molecule is CCC(C)=S.[LiH]. The van der Waals surface area contributed by atoms with Crippen LogP contribution in [0.1, 0.15) is 20.3 Å². The molecular weight excluding hydrogens is 87.1 g/mol. The van der Waals surface area contributed by atoms with E-state index < -0.39 is 0 Å². The Kier molecular flexibility index (Phi) is 9.33. The molecule has 0 aromatic rings. The average molecular weight is 96.1 g/mol. The predicted octanol–water partition coefficient (Wildman–Crippen LogP) is 1.14. The van der Waals surface area contributed by atoms with Gasteiger partial charge in [0, 0.05) is 0 Å². The summed E-state index contributed by atoms with van der Waals surface area (Å²) in [6.07, 6.45) is 1.04. The van der Waals surface area contributed by atoms with Crippen molar-refractivity contribution >= 4 is 35.9 Å². The maximum atomic E-state index is 4.70. The molecule has 0 unspecified atom stereocenters. The van der Waals surface area contributed by atoms with Crippen LogP contribution in [0.2, 0.25) is 0 Å². The van der Waals surface area contributed by atoms with Crippen molar-refractivity contribution in [3.05, 3.63) is 0 Å². The van der Waals surface area contributed by atoms with Crippen LogP contribution in [0.25, 0.3) is 0 Å². The molecule has 0 rings (SSSR count). The molecular formula is C4H9LiS. The zero-order valence-electron chi connectivity index (χ0n) is 3.62. The second-order valence-electron chi connectivity index (χ2n) is 1.06. The van der Waals surface area contributed by atoms with Gasteiger partial charge in [-0.3, -0.25) is 0 Å². The predicted molar refractivity (Wildman–Crippen MR) is 35.7 cm³/mol. The van der Waals surface area contributed by atoms with Crippen LogP contribution in [0, 0.1) is 0 Å². The molecule has 0 saturated carbocycles. The van der Waals surface area contributed by atoms with Gasteiger partial charge in [0.15, 0.2) is 0 Å². The third kappa shape index (κ3) is 8.82. The molecule has 0 radical (unpaired) electrons. The summed E-state index contributed by atoms with van der Waals surface area (Å²) in [5.41, 5.74) is 0. The van der Waals surface area contributed by atoms with Crippen molar-refractivity contribution in [2.75, 3.05) is 0 Å². The van der Waals surface area contributed by atoms with Gasteiger partial charge in [0.1, 0.15) is 0 Å². The fourth-order valence-corrected chi connectivity index (χ4v) is 0. The number of thiocarbonyl (C=S) groups is 1. The second kappa shape index (κ2) is 5.69. The van der Waals surface area contributed by atoms with Gasteiger partial charge >= 0.3 is 18.9 Å². The summed E-state index contributed by atoms with van der Waals surface area (Å²) in [5, 5.41) is 0. The number of hydrogen-bond acceptors (Lipinski definition) is 1. The van der Waals surface area contributed by atoms with Crippen molar-refractivity contribution in [3.8, 4) is 0 Å². The molecule has 0 aliphatic rings. The van der Waals surface area contributed by atoms with E-state index in [1.54, 1.807) is 0 Å². The molecule has 0 aliphatic carbocycles. The van der Waals surface area contributed by atoms with Crippen LogP contribution >= 0.6 is 12.2 Å². The third-order valence-corrected chi connectivity index (χ3v) is 0.787. The Morgan fingerprint density at radius 2 is 1.83 bits per heavy atom. The Morgan fingerprint density at radius 1 is 1.67 bits per heavy atom. The van der Waals surface area contributed by atoms with Gasteiger partial charge in [-0.05, 0) is 18.2 Å². The van der Waals surface area contributed by atoms with Crippen LogP contribution in [0.3, 0.4) is 0 Å². The molecule has 0 atom stereocenters. The molecule has 0 spiro atoms. The first-order chi connectivity index (χ1) is 2.27. The molecule has 32 valence electrons. The Labute approximate surface area is 56.5 Å². The van der Waals surface area contributed by atoms with E-state index in [2.05, 4.69) is 6.92 Å². The summed E-state index contributed by atoms with van der Waals surface area (Å²) in [5.74, 6) is 0. The average Bonchev–Trinajstić information content (AvgIpc) is 1.38. The summed E-state index contributed by atoms with van der Waals surface area (Å²) < 4.78 is 0. The standard InChI is InChI=1S/C4H8S.Li.H/c1-3-4(2)5;;/h3H2,1-2H3;;. The first-order valence-electron chi connectivity index (χ1n) is 1.76. The molecule has 0 bridgehead atoms. The van der Waals surface area contributed by atoms with Gasteiger partial charge in [0.05, 0.1) is 0 Å². The van der Waals surface area contributed by atoms with E-state index in [4.69, 9.17) is 12.2 Å². The van der Waals surface area contributed by atoms with Crippen LogP contribution in [0.4, 0.5) is 0 Å². The topological polar surface area (TPSA) is 0 Å². The fraction of sp³-hybridized carbons (Fsp3) is 0.750. The van der Waals surface area contributed by atoms with Crippen LogP contribution < -0.4 is 0 Å². The van der Waals surface area contributed by atoms with Crippen molar-refractivity contribution in [1.82, 2.24) is 0 Å². The van der Waals surface area contributed by atoms with E-state index in [0.29, 0.717) is 0 Å². The van der Waals surface area contributed by atoms with Gasteiger partial charge in [-0.2, -0.15) is 0 Å². The van der Waals surface area contributed by atoms with E-state index in [0.717, 1.165) is 11.3 Å². The first kappa shape index (κ1) is 9.85. The van der Waals surface area contributed by atoms with Crippen molar-refractivity contribution in [3.63, 3.8) is 0 Å². The van der Waals surface area contributed by atoms with Gasteiger partial charge in [-0.15, -0.1) is 0 Å². The van der Waals surface area contributed by atoms with Gasteiger partial charge in [-0.25, -0.2) is 0 Å². The molecule has 0 fully saturated rings. The molecule has 0 aliphatic heterocycles.